The lowest BCUT2D eigenvalue weighted by atomic mass is 9.89. The zero-order valence-electron chi connectivity index (χ0n) is 19.5. The second kappa shape index (κ2) is 8.73. The van der Waals surface area contributed by atoms with Gasteiger partial charge < -0.3 is 4.42 Å². The molecule has 0 aliphatic carbocycles. The maximum Gasteiger partial charge on any atom is 0.344 e. The van der Waals surface area contributed by atoms with Crippen LogP contribution in [0.1, 0.15) is 16.7 Å². The van der Waals surface area contributed by atoms with Gasteiger partial charge in [0.2, 0.25) is 0 Å². The van der Waals surface area contributed by atoms with Crippen molar-refractivity contribution in [3.05, 3.63) is 142 Å². The molecule has 6 rings (SSSR count). The molecule has 0 radical (unpaired) electrons. The molecule has 0 fully saturated rings. The van der Waals surface area contributed by atoms with Gasteiger partial charge in [-0.05, 0) is 64.4 Å². The number of aryl methyl sites for hydroxylation is 1. The van der Waals surface area contributed by atoms with E-state index in [1.807, 2.05) is 48.5 Å². The molecular formula is C33H24O2. The number of hydrogen-bond donors (Lipinski definition) is 0. The van der Waals surface area contributed by atoms with E-state index in [4.69, 9.17) is 4.42 Å². The summed E-state index contributed by atoms with van der Waals surface area (Å²) in [7, 11) is 0. The summed E-state index contributed by atoms with van der Waals surface area (Å²) in [6.07, 6.45) is 0.866. The summed E-state index contributed by atoms with van der Waals surface area (Å²) in [6.45, 7) is 2.14. The molecule has 0 spiro atoms. The van der Waals surface area contributed by atoms with E-state index < -0.39 is 0 Å². The summed E-state index contributed by atoms with van der Waals surface area (Å²) >= 11 is 0. The van der Waals surface area contributed by atoms with Crippen LogP contribution in [0.3, 0.4) is 0 Å². The highest BCUT2D eigenvalue weighted by atomic mass is 16.4. The first-order valence-electron chi connectivity index (χ1n) is 11.9. The van der Waals surface area contributed by atoms with Crippen molar-refractivity contribution in [1.29, 1.82) is 0 Å². The van der Waals surface area contributed by atoms with Gasteiger partial charge in [0.1, 0.15) is 5.58 Å². The van der Waals surface area contributed by atoms with E-state index in [2.05, 4.69) is 73.7 Å². The quantitative estimate of drug-likeness (QED) is 0.199. The molecular weight excluding hydrogens is 428 g/mol. The minimum absolute atomic E-state index is 0.305. The van der Waals surface area contributed by atoms with Crippen LogP contribution in [0.4, 0.5) is 0 Å². The first-order valence-corrected chi connectivity index (χ1v) is 11.9. The minimum Gasteiger partial charge on any atom is -0.422 e. The van der Waals surface area contributed by atoms with Gasteiger partial charge in [-0.2, -0.15) is 0 Å². The maximum atomic E-state index is 13.1. The molecule has 0 aliphatic rings. The van der Waals surface area contributed by atoms with Crippen molar-refractivity contribution in [2.45, 2.75) is 13.3 Å². The lowest BCUT2D eigenvalue weighted by Crippen LogP contribution is -2.02. The van der Waals surface area contributed by atoms with Crippen LogP contribution in [-0.4, -0.2) is 0 Å². The van der Waals surface area contributed by atoms with Crippen LogP contribution in [0.15, 0.2) is 124 Å². The van der Waals surface area contributed by atoms with Crippen molar-refractivity contribution in [1.82, 2.24) is 0 Å². The molecule has 6 aromatic rings. The fourth-order valence-corrected chi connectivity index (χ4v) is 5.00. The van der Waals surface area contributed by atoms with Gasteiger partial charge in [-0.15, -0.1) is 0 Å². The number of fused-ring (bicyclic) bond motifs is 3. The average molecular weight is 453 g/mol. The van der Waals surface area contributed by atoms with E-state index in [1.54, 1.807) is 0 Å². The third-order valence-corrected chi connectivity index (χ3v) is 6.74. The van der Waals surface area contributed by atoms with Crippen molar-refractivity contribution in [2.75, 3.05) is 0 Å². The molecule has 35 heavy (non-hydrogen) atoms. The Morgan fingerprint density at radius 2 is 1.34 bits per heavy atom. The molecule has 2 heteroatoms. The van der Waals surface area contributed by atoms with Crippen molar-refractivity contribution < 1.29 is 4.42 Å². The summed E-state index contributed by atoms with van der Waals surface area (Å²) in [4.78, 5) is 13.1. The summed E-state index contributed by atoms with van der Waals surface area (Å²) in [5.41, 5.74) is 8.37. The molecule has 0 saturated carbocycles. The van der Waals surface area contributed by atoms with Gasteiger partial charge in [0, 0.05) is 10.8 Å². The molecule has 0 atom stereocenters. The highest BCUT2D eigenvalue weighted by molar-refractivity contribution is 6.09. The Morgan fingerprint density at radius 3 is 2.23 bits per heavy atom. The summed E-state index contributed by atoms with van der Waals surface area (Å²) in [6, 6.07) is 39.3. The van der Waals surface area contributed by atoms with E-state index in [9.17, 15) is 4.79 Å². The predicted molar refractivity (Wildman–Crippen MR) is 145 cm³/mol. The lowest BCUT2D eigenvalue weighted by molar-refractivity contribution is 0.570. The van der Waals surface area contributed by atoms with Gasteiger partial charge >= 0.3 is 5.63 Å². The largest absolute Gasteiger partial charge is 0.422 e. The number of rotatable bonds is 4. The number of hydrogen-bond acceptors (Lipinski definition) is 2. The molecule has 0 saturated heterocycles. The van der Waals surface area contributed by atoms with Gasteiger partial charge in [-0.1, -0.05) is 103 Å². The molecule has 168 valence electrons. The van der Waals surface area contributed by atoms with E-state index in [0.29, 0.717) is 11.0 Å². The Kier molecular flexibility index (Phi) is 5.27. The summed E-state index contributed by atoms with van der Waals surface area (Å²) in [5.74, 6) is 0. The van der Waals surface area contributed by atoms with Gasteiger partial charge in [0.15, 0.2) is 0 Å². The maximum absolute atomic E-state index is 13.1. The van der Waals surface area contributed by atoms with Crippen LogP contribution in [0.5, 0.6) is 0 Å². The molecule has 0 amide bonds. The Bertz CT molecular complexity index is 1740. The van der Waals surface area contributed by atoms with Gasteiger partial charge in [-0.25, -0.2) is 4.79 Å². The van der Waals surface area contributed by atoms with Crippen LogP contribution in [0, 0.1) is 6.92 Å². The minimum atomic E-state index is -0.305. The molecule has 0 unspecified atom stereocenters. The first-order chi connectivity index (χ1) is 17.2. The third kappa shape index (κ3) is 3.83. The second-order valence-corrected chi connectivity index (χ2v) is 8.96. The zero-order valence-corrected chi connectivity index (χ0v) is 19.5. The molecule has 1 aromatic heterocycles. The third-order valence-electron chi connectivity index (χ3n) is 6.74. The van der Waals surface area contributed by atoms with Gasteiger partial charge in [0.05, 0.1) is 5.39 Å². The molecule has 0 N–H and O–H groups in total. The van der Waals surface area contributed by atoms with Crippen molar-refractivity contribution >= 4 is 21.7 Å². The SMILES string of the molecule is Cc1ccc(-c2cccc3c2c(=O)oc2ccccc23)cc1-c1ccccc1Cc1ccccc1. The molecule has 2 nitrogen and oxygen atoms in total. The Morgan fingerprint density at radius 1 is 0.629 bits per heavy atom. The zero-order chi connectivity index (χ0) is 23.8. The standard InChI is InChI=1S/C33H24O2/c1-22-18-19-25(21-30(22)26-13-6-5-12-24(26)20-23-10-3-2-4-11-23)27-15-9-16-29-28-14-7-8-17-31(28)35-33(34)32(27)29/h2-19,21H,20H2,1H3. The topological polar surface area (TPSA) is 30.2 Å². The van der Waals surface area contributed by atoms with E-state index >= 15 is 0 Å². The lowest BCUT2D eigenvalue weighted by Gasteiger charge is -2.15. The normalized spacial score (nSPS) is 11.2. The first kappa shape index (κ1) is 21.1. The monoisotopic (exact) mass is 452 g/mol. The fraction of sp³-hybridized carbons (Fsp3) is 0.0606. The van der Waals surface area contributed by atoms with Crippen LogP contribution in [-0.2, 0) is 6.42 Å². The molecule has 5 aromatic carbocycles. The Hall–Kier alpha value is -4.43. The van der Waals surface area contributed by atoms with Crippen LogP contribution >= 0.6 is 0 Å². The van der Waals surface area contributed by atoms with Gasteiger partial charge in [-0.3, -0.25) is 0 Å². The van der Waals surface area contributed by atoms with Crippen molar-refractivity contribution in [3.63, 3.8) is 0 Å². The number of benzene rings is 5. The molecule has 1 heterocycles. The van der Waals surface area contributed by atoms with Crippen LogP contribution in [0.2, 0.25) is 0 Å². The summed E-state index contributed by atoms with van der Waals surface area (Å²) in [5, 5.41) is 2.49. The second-order valence-electron chi connectivity index (χ2n) is 8.96. The fourth-order valence-electron chi connectivity index (χ4n) is 5.00. The predicted octanol–water partition coefficient (Wildman–Crippen LogP) is 8.18. The van der Waals surface area contributed by atoms with Crippen LogP contribution in [0.25, 0.3) is 44.0 Å². The average Bonchev–Trinajstić information content (AvgIpc) is 2.90. The van der Waals surface area contributed by atoms with E-state index in [-0.39, 0.29) is 5.63 Å². The number of para-hydroxylation sites is 1. The van der Waals surface area contributed by atoms with Crippen molar-refractivity contribution in [3.8, 4) is 22.3 Å². The summed E-state index contributed by atoms with van der Waals surface area (Å²) < 4.78 is 5.71. The Labute approximate surface area is 204 Å². The highest BCUT2D eigenvalue weighted by Crippen LogP contribution is 2.35. The van der Waals surface area contributed by atoms with Crippen molar-refractivity contribution in [2.24, 2.45) is 0 Å². The van der Waals surface area contributed by atoms with Crippen LogP contribution < -0.4 is 5.63 Å². The molecule has 0 bridgehead atoms. The smallest absolute Gasteiger partial charge is 0.344 e. The Balaban J connectivity index is 1.53. The highest BCUT2D eigenvalue weighted by Gasteiger charge is 2.15. The van der Waals surface area contributed by atoms with E-state index in [0.717, 1.165) is 28.3 Å². The molecule has 0 aliphatic heterocycles. The van der Waals surface area contributed by atoms with Gasteiger partial charge in [0.25, 0.3) is 0 Å². The van der Waals surface area contributed by atoms with E-state index in [1.165, 1.54) is 27.8 Å².